The highest BCUT2D eigenvalue weighted by Gasteiger charge is 2.15. The second-order valence-corrected chi connectivity index (χ2v) is 4.22. The zero-order valence-electron chi connectivity index (χ0n) is 11.1. The Kier molecular flexibility index (Phi) is 2.95. The molecule has 0 fully saturated rings. The summed E-state index contributed by atoms with van der Waals surface area (Å²) < 4.78 is 15.9. The molecular weight excluding hydrogens is 258 g/mol. The van der Waals surface area contributed by atoms with Crippen molar-refractivity contribution in [1.29, 1.82) is 0 Å². The van der Waals surface area contributed by atoms with Crippen molar-refractivity contribution in [3.8, 4) is 28.7 Å². The molecule has 0 unspecified atom stereocenters. The van der Waals surface area contributed by atoms with Gasteiger partial charge < -0.3 is 19.0 Å². The predicted molar refractivity (Wildman–Crippen MR) is 74.2 cm³/mol. The Morgan fingerprint density at radius 3 is 2.30 bits per heavy atom. The van der Waals surface area contributed by atoms with Gasteiger partial charge in [-0.15, -0.1) is 0 Å². The van der Waals surface area contributed by atoms with Crippen LogP contribution in [0.5, 0.6) is 17.2 Å². The normalized spacial score (nSPS) is 10.7. The minimum atomic E-state index is -0.0464. The number of hydrogen-bond acceptors (Lipinski definition) is 5. The first kappa shape index (κ1) is 12.3. The average molecular weight is 271 g/mol. The van der Waals surface area contributed by atoms with Gasteiger partial charge in [-0.3, -0.25) is 0 Å². The quantitative estimate of drug-likeness (QED) is 0.792. The van der Waals surface area contributed by atoms with Crippen LogP contribution in [0.25, 0.3) is 22.6 Å². The van der Waals surface area contributed by atoms with Crippen molar-refractivity contribution >= 4 is 11.1 Å². The van der Waals surface area contributed by atoms with Crippen LogP contribution in [-0.2, 0) is 0 Å². The van der Waals surface area contributed by atoms with Crippen molar-refractivity contribution in [3.05, 3.63) is 36.4 Å². The van der Waals surface area contributed by atoms with E-state index >= 15 is 0 Å². The molecule has 0 bridgehead atoms. The Hall–Kier alpha value is -2.69. The molecule has 5 heteroatoms. The van der Waals surface area contributed by atoms with Crippen LogP contribution in [0.1, 0.15) is 0 Å². The molecule has 0 aliphatic heterocycles. The van der Waals surface area contributed by atoms with E-state index in [9.17, 15) is 5.11 Å². The molecule has 1 aromatic heterocycles. The van der Waals surface area contributed by atoms with E-state index in [4.69, 9.17) is 13.9 Å². The van der Waals surface area contributed by atoms with Gasteiger partial charge in [0.1, 0.15) is 5.52 Å². The average Bonchev–Trinajstić information content (AvgIpc) is 2.91. The van der Waals surface area contributed by atoms with Crippen LogP contribution in [0.2, 0.25) is 0 Å². The molecule has 5 nitrogen and oxygen atoms in total. The minimum Gasteiger partial charge on any atom is -0.502 e. The molecular formula is C15H13NO4. The molecule has 0 aliphatic carbocycles. The lowest BCUT2D eigenvalue weighted by Crippen LogP contribution is -1.90. The maximum atomic E-state index is 9.90. The maximum absolute atomic E-state index is 9.90. The molecule has 0 saturated carbocycles. The van der Waals surface area contributed by atoms with Crippen molar-refractivity contribution in [2.45, 2.75) is 0 Å². The fraction of sp³-hybridized carbons (Fsp3) is 0.133. The molecule has 0 atom stereocenters. The number of ether oxygens (including phenoxy) is 2. The number of aromatic hydroxyl groups is 1. The number of para-hydroxylation sites is 2. The molecule has 20 heavy (non-hydrogen) atoms. The molecule has 0 aliphatic rings. The molecule has 0 radical (unpaired) electrons. The summed E-state index contributed by atoms with van der Waals surface area (Å²) >= 11 is 0. The number of fused-ring (bicyclic) bond motifs is 1. The van der Waals surface area contributed by atoms with Crippen LogP contribution >= 0.6 is 0 Å². The minimum absolute atomic E-state index is 0.0464. The molecule has 3 aromatic rings. The highest BCUT2D eigenvalue weighted by atomic mass is 16.5. The van der Waals surface area contributed by atoms with Crippen LogP contribution in [0.15, 0.2) is 40.8 Å². The fourth-order valence-electron chi connectivity index (χ4n) is 2.01. The molecule has 3 rings (SSSR count). The summed E-state index contributed by atoms with van der Waals surface area (Å²) in [6.07, 6.45) is 0. The molecule has 0 spiro atoms. The fourth-order valence-corrected chi connectivity index (χ4v) is 2.01. The van der Waals surface area contributed by atoms with Crippen LogP contribution in [0, 0.1) is 0 Å². The van der Waals surface area contributed by atoms with E-state index in [-0.39, 0.29) is 5.75 Å². The summed E-state index contributed by atoms with van der Waals surface area (Å²) in [5.74, 6) is 1.01. The summed E-state index contributed by atoms with van der Waals surface area (Å²) in [7, 11) is 2.95. The lowest BCUT2D eigenvalue weighted by Gasteiger charge is -2.09. The van der Waals surface area contributed by atoms with Crippen LogP contribution < -0.4 is 9.47 Å². The third kappa shape index (κ3) is 1.93. The Morgan fingerprint density at radius 2 is 1.70 bits per heavy atom. The molecule has 0 saturated heterocycles. The first-order chi connectivity index (χ1) is 9.72. The van der Waals surface area contributed by atoms with Gasteiger partial charge in [0.15, 0.2) is 17.1 Å². The third-order valence-corrected chi connectivity index (χ3v) is 3.02. The predicted octanol–water partition coefficient (Wildman–Crippen LogP) is 3.22. The van der Waals surface area contributed by atoms with Crippen molar-refractivity contribution < 1.29 is 19.0 Å². The van der Waals surface area contributed by atoms with E-state index in [1.165, 1.54) is 14.2 Å². The summed E-state index contributed by atoms with van der Waals surface area (Å²) in [6, 6.07) is 10.8. The largest absolute Gasteiger partial charge is 0.502 e. The number of phenols is 1. The van der Waals surface area contributed by atoms with Crippen molar-refractivity contribution in [3.63, 3.8) is 0 Å². The number of phenolic OH excluding ortho intramolecular Hbond substituents is 1. The van der Waals surface area contributed by atoms with Gasteiger partial charge in [0.05, 0.1) is 14.2 Å². The van der Waals surface area contributed by atoms with E-state index in [1.54, 1.807) is 12.1 Å². The van der Waals surface area contributed by atoms with Crippen molar-refractivity contribution in [2.75, 3.05) is 14.2 Å². The van der Waals surface area contributed by atoms with Crippen molar-refractivity contribution in [2.24, 2.45) is 0 Å². The highest BCUT2D eigenvalue weighted by Crippen LogP contribution is 2.40. The molecule has 1 heterocycles. The zero-order chi connectivity index (χ0) is 14.1. The molecule has 102 valence electrons. The summed E-state index contributed by atoms with van der Waals surface area (Å²) in [6.45, 7) is 0. The van der Waals surface area contributed by atoms with E-state index in [1.807, 2.05) is 24.3 Å². The van der Waals surface area contributed by atoms with Gasteiger partial charge in [0.2, 0.25) is 11.6 Å². The highest BCUT2D eigenvalue weighted by molar-refractivity contribution is 5.77. The van der Waals surface area contributed by atoms with Gasteiger partial charge in [-0.1, -0.05) is 12.1 Å². The smallest absolute Gasteiger partial charge is 0.227 e. The molecule has 1 N–H and O–H groups in total. The van der Waals surface area contributed by atoms with Gasteiger partial charge in [-0.25, -0.2) is 4.98 Å². The SMILES string of the molecule is COc1cc(-c2nc3ccccc3o2)cc(OC)c1O. The number of hydrogen-bond donors (Lipinski definition) is 1. The first-order valence-corrected chi connectivity index (χ1v) is 6.04. The number of benzene rings is 2. The summed E-state index contributed by atoms with van der Waals surface area (Å²) in [5.41, 5.74) is 2.15. The Balaban J connectivity index is 2.18. The number of oxazole rings is 1. The molecule has 0 amide bonds. The topological polar surface area (TPSA) is 64.7 Å². The van der Waals surface area contributed by atoms with E-state index in [2.05, 4.69) is 4.98 Å². The van der Waals surface area contributed by atoms with E-state index in [0.717, 1.165) is 5.52 Å². The van der Waals surface area contributed by atoms with Gasteiger partial charge in [0.25, 0.3) is 0 Å². The number of methoxy groups -OCH3 is 2. The van der Waals surface area contributed by atoms with Crippen LogP contribution in [0.4, 0.5) is 0 Å². The Labute approximate surface area is 115 Å². The lowest BCUT2D eigenvalue weighted by molar-refractivity contribution is 0.340. The summed E-state index contributed by atoms with van der Waals surface area (Å²) in [5, 5.41) is 9.90. The maximum Gasteiger partial charge on any atom is 0.227 e. The Bertz CT molecular complexity index is 705. The number of rotatable bonds is 3. The molecule has 2 aromatic carbocycles. The monoisotopic (exact) mass is 271 g/mol. The second kappa shape index (κ2) is 4.77. The van der Waals surface area contributed by atoms with Gasteiger partial charge in [0, 0.05) is 5.56 Å². The Morgan fingerprint density at radius 1 is 1.05 bits per heavy atom. The third-order valence-electron chi connectivity index (χ3n) is 3.02. The lowest BCUT2D eigenvalue weighted by atomic mass is 10.2. The standard InChI is InChI=1S/C15H13NO4/c1-18-12-7-9(8-13(19-2)14(12)17)15-16-10-5-3-4-6-11(10)20-15/h3-8,17H,1-2H3. The number of aromatic nitrogens is 1. The van der Waals surface area contributed by atoms with Crippen LogP contribution in [0.3, 0.4) is 0 Å². The second-order valence-electron chi connectivity index (χ2n) is 4.22. The number of nitrogens with zero attached hydrogens (tertiary/aromatic N) is 1. The zero-order valence-corrected chi connectivity index (χ0v) is 11.1. The van der Waals surface area contributed by atoms with Crippen LogP contribution in [-0.4, -0.2) is 24.3 Å². The van der Waals surface area contributed by atoms with E-state index < -0.39 is 0 Å². The van der Waals surface area contributed by atoms with Gasteiger partial charge in [-0.2, -0.15) is 0 Å². The van der Waals surface area contributed by atoms with Gasteiger partial charge >= 0.3 is 0 Å². The van der Waals surface area contributed by atoms with Gasteiger partial charge in [-0.05, 0) is 24.3 Å². The summed E-state index contributed by atoms with van der Waals surface area (Å²) in [4.78, 5) is 4.40. The van der Waals surface area contributed by atoms with E-state index in [0.29, 0.717) is 28.5 Å². The van der Waals surface area contributed by atoms with Crippen molar-refractivity contribution in [1.82, 2.24) is 4.98 Å². The first-order valence-electron chi connectivity index (χ1n) is 6.04.